The maximum Gasteiger partial charge on any atom is 0.122 e. The molecule has 0 spiro atoms. The van der Waals surface area contributed by atoms with E-state index >= 15 is 0 Å². The van der Waals surface area contributed by atoms with Gasteiger partial charge >= 0.3 is 0 Å². The van der Waals surface area contributed by atoms with Crippen LogP contribution in [-0.4, -0.2) is 25.2 Å². The normalized spacial score (nSPS) is 24.1. The fourth-order valence-corrected chi connectivity index (χ4v) is 3.39. The van der Waals surface area contributed by atoms with Crippen LogP contribution in [0.3, 0.4) is 0 Å². The van der Waals surface area contributed by atoms with Gasteiger partial charge in [0.15, 0.2) is 0 Å². The van der Waals surface area contributed by atoms with Crippen molar-refractivity contribution in [2.75, 3.05) is 18.0 Å². The number of rotatable bonds is 3. The molecule has 1 heterocycles. The number of nitrogens with two attached hydrogens (primary N) is 1. The van der Waals surface area contributed by atoms with E-state index in [2.05, 4.69) is 30.0 Å². The summed E-state index contributed by atoms with van der Waals surface area (Å²) >= 11 is 0. The Morgan fingerprint density at radius 2 is 1.95 bits per heavy atom. The smallest absolute Gasteiger partial charge is 0.122 e. The van der Waals surface area contributed by atoms with Gasteiger partial charge in [-0.15, -0.1) is 0 Å². The zero-order chi connectivity index (χ0) is 13.9. The monoisotopic (exact) mass is 274 g/mol. The number of ether oxygens (including phenoxy) is 1. The number of hydrogen-bond donors (Lipinski definition) is 1. The van der Waals surface area contributed by atoms with Crippen molar-refractivity contribution in [2.24, 2.45) is 5.73 Å². The quantitative estimate of drug-likeness (QED) is 0.919. The molecule has 0 amide bonds. The minimum atomic E-state index is 0.318. The fourth-order valence-electron chi connectivity index (χ4n) is 3.39. The summed E-state index contributed by atoms with van der Waals surface area (Å²) in [4.78, 5) is 2.40. The summed E-state index contributed by atoms with van der Waals surface area (Å²) in [6, 6.07) is 6.90. The topological polar surface area (TPSA) is 38.5 Å². The molecule has 1 aliphatic carbocycles. The summed E-state index contributed by atoms with van der Waals surface area (Å²) in [5, 5.41) is 0. The molecule has 1 aromatic rings. The van der Waals surface area contributed by atoms with Crippen LogP contribution in [0.4, 0.5) is 5.69 Å². The highest BCUT2D eigenvalue weighted by atomic mass is 16.5. The van der Waals surface area contributed by atoms with Crippen molar-refractivity contribution in [3.05, 3.63) is 23.8 Å². The van der Waals surface area contributed by atoms with E-state index in [0.29, 0.717) is 12.1 Å². The van der Waals surface area contributed by atoms with Gasteiger partial charge in [0, 0.05) is 24.8 Å². The molecule has 1 saturated carbocycles. The molecular formula is C17H26N2O. The summed E-state index contributed by atoms with van der Waals surface area (Å²) in [6.45, 7) is 4.25. The molecule has 2 fully saturated rings. The number of nitrogens with zero attached hydrogens (tertiary/aromatic N) is 1. The van der Waals surface area contributed by atoms with Crippen LogP contribution in [0.25, 0.3) is 0 Å². The van der Waals surface area contributed by atoms with E-state index in [4.69, 9.17) is 10.5 Å². The Kier molecular flexibility index (Phi) is 4.16. The zero-order valence-corrected chi connectivity index (χ0v) is 12.5. The van der Waals surface area contributed by atoms with Crippen molar-refractivity contribution < 1.29 is 4.74 Å². The Hall–Kier alpha value is -1.22. The van der Waals surface area contributed by atoms with Gasteiger partial charge in [0.05, 0.1) is 6.10 Å². The fraction of sp³-hybridized carbons (Fsp3) is 0.647. The van der Waals surface area contributed by atoms with E-state index in [-0.39, 0.29) is 0 Å². The van der Waals surface area contributed by atoms with Gasteiger partial charge in [-0.1, -0.05) is 0 Å². The van der Waals surface area contributed by atoms with E-state index in [1.807, 2.05) is 0 Å². The summed E-state index contributed by atoms with van der Waals surface area (Å²) in [6.07, 6.45) is 7.83. The first kappa shape index (κ1) is 13.7. The number of aryl methyl sites for hydroxylation is 1. The molecule has 1 aliphatic heterocycles. The predicted molar refractivity (Wildman–Crippen MR) is 83.5 cm³/mol. The largest absolute Gasteiger partial charge is 0.490 e. The second kappa shape index (κ2) is 6.04. The van der Waals surface area contributed by atoms with Crippen molar-refractivity contribution in [3.8, 4) is 5.75 Å². The SMILES string of the molecule is Cc1cc(N2CCCC(N)C2)ccc1OC1CCCC1. The van der Waals surface area contributed by atoms with Crippen molar-refractivity contribution in [3.63, 3.8) is 0 Å². The molecule has 1 atom stereocenters. The van der Waals surface area contributed by atoms with E-state index in [1.165, 1.54) is 43.4 Å². The van der Waals surface area contributed by atoms with Gasteiger partial charge in [-0.2, -0.15) is 0 Å². The standard InChI is InChI=1S/C17H26N2O/c1-13-11-15(19-10-4-5-14(18)12-19)8-9-17(13)20-16-6-2-3-7-16/h8-9,11,14,16H,2-7,10,12,18H2,1H3. The summed E-state index contributed by atoms with van der Waals surface area (Å²) in [5.41, 5.74) is 8.61. The van der Waals surface area contributed by atoms with Crippen LogP contribution < -0.4 is 15.4 Å². The van der Waals surface area contributed by atoms with Crippen molar-refractivity contribution >= 4 is 5.69 Å². The first-order chi connectivity index (χ1) is 9.72. The number of piperidine rings is 1. The lowest BCUT2D eigenvalue weighted by Gasteiger charge is -2.33. The highest BCUT2D eigenvalue weighted by molar-refractivity contribution is 5.53. The van der Waals surface area contributed by atoms with Gasteiger partial charge < -0.3 is 15.4 Å². The van der Waals surface area contributed by atoms with Gasteiger partial charge in [0.25, 0.3) is 0 Å². The van der Waals surface area contributed by atoms with Gasteiger partial charge in [-0.25, -0.2) is 0 Å². The van der Waals surface area contributed by atoms with E-state index < -0.39 is 0 Å². The van der Waals surface area contributed by atoms with E-state index in [1.54, 1.807) is 0 Å². The van der Waals surface area contributed by atoms with Crippen molar-refractivity contribution in [2.45, 2.75) is 57.6 Å². The molecule has 2 N–H and O–H groups in total. The Bertz CT molecular complexity index is 454. The molecule has 0 bridgehead atoms. The molecule has 3 rings (SSSR count). The predicted octanol–water partition coefficient (Wildman–Crippen LogP) is 3.24. The minimum absolute atomic E-state index is 0.318. The van der Waals surface area contributed by atoms with Crippen LogP contribution in [0.2, 0.25) is 0 Å². The lowest BCUT2D eigenvalue weighted by molar-refractivity contribution is 0.208. The van der Waals surface area contributed by atoms with Crippen LogP contribution in [0.5, 0.6) is 5.75 Å². The Morgan fingerprint density at radius 3 is 2.65 bits per heavy atom. The highest BCUT2D eigenvalue weighted by Gasteiger charge is 2.19. The maximum absolute atomic E-state index is 6.13. The van der Waals surface area contributed by atoms with Crippen LogP contribution in [0.15, 0.2) is 18.2 Å². The third-order valence-electron chi connectivity index (χ3n) is 4.58. The number of anilines is 1. The molecule has 20 heavy (non-hydrogen) atoms. The van der Waals surface area contributed by atoms with E-state index in [0.717, 1.165) is 25.3 Å². The first-order valence-electron chi connectivity index (χ1n) is 8.00. The average Bonchev–Trinajstić information content (AvgIpc) is 2.94. The lowest BCUT2D eigenvalue weighted by atomic mass is 10.1. The van der Waals surface area contributed by atoms with Crippen molar-refractivity contribution in [1.82, 2.24) is 0 Å². The van der Waals surface area contributed by atoms with E-state index in [9.17, 15) is 0 Å². The first-order valence-corrected chi connectivity index (χ1v) is 8.00. The van der Waals surface area contributed by atoms with Crippen LogP contribution in [0, 0.1) is 6.92 Å². The summed E-state index contributed by atoms with van der Waals surface area (Å²) in [7, 11) is 0. The lowest BCUT2D eigenvalue weighted by Crippen LogP contribution is -2.42. The average molecular weight is 274 g/mol. The molecule has 3 nitrogen and oxygen atoms in total. The van der Waals surface area contributed by atoms with Gasteiger partial charge in [-0.3, -0.25) is 0 Å². The van der Waals surface area contributed by atoms with Crippen molar-refractivity contribution in [1.29, 1.82) is 0 Å². The zero-order valence-electron chi connectivity index (χ0n) is 12.5. The van der Waals surface area contributed by atoms with Crippen LogP contribution >= 0.6 is 0 Å². The summed E-state index contributed by atoms with van der Waals surface area (Å²) in [5.74, 6) is 1.06. The molecule has 0 radical (unpaired) electrons. The minimum Gasteiger partial charge on any atom is -0.490 e. The molecule has 1 aromatic carbocycles. The second-order valence-electron chi connectivity index (χ2n) is 6.32. The Labute approximate surface area is 122 Å². The maximum atomic E-state index is 6.13. The van der Waals surface area contributed by atoms with Gasteiger partial charge in [0.2, 0.25) is 0 Å². The number of benzene rings is 1. The molecule has 1 saturated heterocycles. The number of hydrogen-bond acceptors (Lipinski definition) is 3. The van der Waals surface area contributed by atoms with Crippen LogP contribution in [0.1, 0.15) is 44.1 Å². The highest BCUT2D eigenvalue weighted by Crippen LogP contribution is 2.30. The Morgan fingerprint density at radius 1 is 1.15 bits per heavy atom. The molecule has 0 aromatic heterocycles. The Balaban J connectivity index is 1.69. The van der Waals surface area contributed by atoms with Crippen LogP contribution in [-0.2, 0) is 0 Å². The van der Waals surface area contributed by atoms with Gasteiger partial charge in [0.1, 0.15) is 5.75 Å². The molecular weight excluding hydrogens is 248 g/mol. The molecule has 110 valence electrons. The second-order valence-corrected chi connectivity index (χ2v) is 6.32. The third kappa shape index (κ3) is 3.09. The van der Waals surface area contributed by atoms with Gasteiger partial charge in [-0.05, 0) is 69.2 Å². The summed E-state index contributed by atoms with van der Waals surface area (Å²) < 4.78 is 6.13. The molecule has 3 heteroatoms. The molecule has 1 unspecified atom stereocenters. The third-order valence-corrected chi connectivity index (χ3v) is 4.58. The molecule has 2 aliphatic rings.